The molecule has 0 bridgehead atoms. The fourth-order valence-electron chi connectivity index (χ4n) is 4.59. The van der Waals surface area contributed by atoms with Crippen LogP contribution in [0.1, 0.15) is 51.5 Å². The first kappa shape index (κ1) is 22.9. The minimum atomic E-state index is 0.00140. The van der Waals surface area contributed by atoms with Gasteiger partial charge in [0.25, 0.3) is 0 Å². The monoisotopic (exact) mass is 417 g/mol. The molecule has 2 saturated heterocycles. The minimum absolute atomic E-state index is 0.00140. The Morgan fingerprint density at radius 2 is 1.87 bits per heavy atom. The number of nitrogens with zero attached hydrogens (tertiary/aromatic N) is 2. The summed E-state index contributed by atoms with van der Waals surface area (Å²) in [4.78, 5) is 17.5. The van der Waals surface area contributed by atoms with Crippen molar-refractivity contribution in [2.75, 3.05) is 45.3 Å². The predicted octanol–water partition coefficient (Wildman–Crippen LogP) is 4.53. The number of likely N-dealkylation sites (tertiary alicyclic amines) is 1. The quantitative estimate of drug-likeness (QED) is 0.708. The van der Waals surface area contributed by atoms with Gasteiger partial charge in [0.1, 0.15) is 5.75 Å². The highest BCUT2D eigenvalue weighted by atomic mass is 16.5. The van der Waals surface area contributed by atoms with Crippen LogP contribution in [0.25, 0.3) is 0 Å². The van der Waals surface area contributed by atoms with Crippen LogP contribution in [0.15, 0.2) is 18.2 Å². The van der Waals surface area contributed by atoms with Gasteiger partial charge in [0.05, 0.1) is 7.11 Å². The molecule has 0 aliphatic carbocycles. The number of urea groups is 1. The van der Waals surface area contributed by atoms with Crippen molar-refractivity contribution in [2.24, 2.45) is 5.92 Å². The zero-order valence-electron chi connectivity index (χ0n) is 19.2. The Morgan fingerprint density at radius 3 is 2.47 bits per heavy atom. The summed E-state index contributed by atoms with van der Waals surface area (Å²) in [5, 5.41) is 3.08. The fraction of sp³-hybridized carbons (Fsp3) is 0.708. The number of methoxy groups -OCH3 is 1. The lowest BCUT2D eigenvalue weighted by atomic mass is 9.96. The lowest BCUT2D eigenvalue weighted by Crippen LogP contribution is -2.52. The molecule has 0 atom stereocenters. The number of ether oxygens (including phenoxy) is 2. The Hall–Kier alpha value is -1.79. The van der Waals surface area contributed by atoms with Gasteiger partial charge in [-0.25, -0.2) is 4.79 Å². The van der Waals surface area contributed by atoms with Gasteiger partial charge in [-0.2, -0.15) is 0 Å². The number of aryl methyl sites for hydroxylation is 1. The number of rotatable bonds is 7. The lowest BCUT2D eigenvalue weighted by Gasteiger charge is -2.44. The van der Waals surface area contributed by atoms with Gasteiger partial charge in [0, 0.05) is 44.1 Å². The van der Waals surface area contributed by atoms with Crippen LogP contribution in [0.5, 0.6) is 5.75 Å². The maximum absolute atomic E-state index is 12.8. The van der Waals surface area contributed by atoms with Crippen LogP contribution in [0.4, 0.5) is 10.5 Å². The van der Waals surface area contributed by atoms with Gasteiger partial charge in [0.2, 0.25) is 0 Å². The summed E-state index contributed by atoms with van der Waals surface area (Å²) in [5.74, 6) is 1.52. The van der Waals surface area contributed by atoms with E-state index < -0.39 is 0 Å². The molecular weight excluding hydrogens is 378 g/mol. The predicted molar refractivity (Wildman–Crippen MR) is 121 cm³/mol. The molecule has 1 aromatic carbocycles. The minimum Gasteiger partial charge on any atom is -0.497 e. The summed E-state index contributed by atoms with van der Waals surface area (Å²) >= 11 is 0. The van der Waals surface area contributed by atoms with Gasteiger partial charge in [-0.3, -0.25) is 4.90 Å². The summed E-state index contributed by atoms with van der Waals surface area (Å²) in [6.45, 7) is 11.1. The third kappa shape index (κ3) is 6.11. The number of piperidine rings is 1. The zero-order valence-corrected chi connectivity index (χ0v) is 19.2. The normalized spacial score (nSPS) is 18.8. The van der Waals surface area contributed by atoms with E-state index in [1.807, 2.05) is 30.0 Å². The average Bonchev–Trinajstić information content (AvgIpc) is 2.76. The van der Waals surface area contributed by atoms with Crippen molar-refractivity contribution in [2.45, 2.75) is 65.0 Å². The van der Waals surface area contributed by atoms with Crippen LogP contribution in [-0.4, -0.2) is 67.9 Å². The van der Waals surface area contributed by atoms with E-state index in [4.69, 9.17) is 9.47 Å². The molecule has 2 heterocycles. The molecule has 6 nitrogen and oxygen atoms in total. The van der Waals surface area contributed by atoms with Crippen LogP contribution in [0.2, 0.25) is 0 Å². The summed E-state index contributed by atoms with van der Waals surface area (Å²) in [7, 11) is 1.65. The molecule has 30 heavy (non-hydrogen) atoms. The largest absolute Gasteiger partial charge is 0.497 e. The average molecular weight is 418 g/mol. The van der Waals surface area contributed by atoms with Gasteiger partial charge >= 0.3 is 6.03 Å². The number of hydrogen-bond acceptors (Lipinski definition) is 4. The third-order valence-corrected chi connectivity index (χ3v) is 6.52. The number of carbonyl (C=O) groups is 1. The molecule has 2 aliphatic heterocycles. The fourth-order valence-corrected chi connectivity index (χ4v) is 4.59. The van der Waals surface area contributed by atoms with Gasteiger partial charge in [-0.15, -0.1) is 0 Å². The molecule has 1 aromatic rings. The Bertz CT molecular complexity index is 680. The first-order chi connectivity index (χ1) is 14.5. The molecule has 3 rings (SSSR count). The maximum atomic E-state index is 12.8. The van der Waals surface area contributed by atoms with Gasteiger partial charge < -0.3 is 19.7 Å². The molecule has 0 saturated carbocycles. The van der Waals surface area contributed by atoms with Crippen LogP contribution >= 0.6 is 0 Å². The van der Waals surface area contributed by atoms with Crippen LogP contribution in [-0.2, 0) is 4.74 Å². The van der Waals surface area contributed by atoms with E-state index >= 15 is 0 Å². The molecule has 1 N–H and O–H groups in total. The van der Waals surface area contributed by atoms with Gasteiger partial charge in [0.15, 0.2) is 0 Å². The number of nitrogens with one attached hydrogen (secondary N) is 1. The van der Waals surface area contributed by atoms with Crippen molar-refractivity contribution in [3.63, 3.8) is 0 Å². The van der Waals surface area contributed by atoms with E-state index in [0.29, 0.717) is 18.0 Å². The van der Waals surface area contributed by atoms with Crippen LogP contribution in [0.3, 0.4) is 0 Å². The summed E-state index contributed by atoms with van der Waals surface area (Å²) in [5.41, 5.74) is 1.86. The highest BCUT2D eigenvalue weighted by Gasteiger charge is 2.31. The van der Waals surface area contributed by atoms with E-state index in [9.17, 15) is 4.79 Å². The van der Waals surface area contributed by atoms with E-state index in [-0.39, 0.29) is 6.03 Å². The van der Waals surface area contributed by atoms with Crippen molar-refractivity contribution >= 4 is 11.7 Å². The third-order valence-electron chi connectivity index (χ3n) is 6.52. The Labute approximate surface area is 181 Å². The molecule has 2 amide bonds. The number of benzene rings is 1. The Kier molecular flexibility index (Phi) is 8.40. The van der Waals surface area contributed by atoms with Gasteiger partial charge in [-0.1, -0.05) is 13.8 Å². The summed E-state index contributed by atoms with van der Waals surface area (Å²) < 4.78 is 10.9. The molecule has 2 aliphatic rings. The van der Waals surface area contributed by atoms with E-state index in [2.05, 4.69) is 24.1 Å². The zero-order chi connectivity index (χ0) is 21.5. The second-order valence-electron chi connectivity index (χ2n) is 9.09. The smallest absolute Gasteiger partial charge is 0.321 e. The van der Waals surface area contributed by atoms with Crippen molar-refractivity contribution in [3.8, 4) is 5.75 Å². The number of hydrogen-bond donors (Lipinski definition) is 1. The SMILES string of the molecule is COc1ccc(NC(=O)N2CCC(N(CCC(C)C)C3CCOCC3)CC2)c(C)c1. The highest BCUT2D eigenvalue weighted by molar-refractivity contribution is 5.90. The molecule has 168 valence electrons. The highest BCUT2D eigenvalue weighted by Crippen LogP contribution is 2.26. The molecule has 6 heteroatoms. The molecular formula is C24H39N3O3. The Balaban J connectivity index is 1.55. The number of carbonyl (C=O) groups excluding carboxylic acids is 1. The topological polar surface area (TPSA) is 54.0 Å². The standard InChI is InChI=1S/C24H39N3O3/c1-18(2)7-14-27(21-10-15-30-16-11-21)20-8-12-26(13-9-20)24(28)25-23-6-5-22(29-4)17-19(23)3/h5-6,17-18,20-21H,7-16H2,1-4H3,(H,25,28). The van der Waals surface area contributed by atoms with E-state index in [1.54, 1.807) is 7.11 Å². The second kappa shape index (κ2) is 11.0. The van der Waals surface area contributed by atoms with Crippen LogP contribution < -0.4 is 10.1 Å². The van der Waals surface area contributed by atoms with E-state index in [1.165, 1.54) is 6.42 Å². The van der Waals surface area contributed by atoms with Crippen molar-refractivity contribution in [3.05, 3.63) is 23.8 Å². The number of anilines is 1. The van der Waals surface area contributed by atoms with Crippen molar-refractivity contribution < 1.29 is 14.3 Å². The summed E-state index contributed by atoms with van der Waals surface area (Å²) in [6.07, 6.45) is 5.59. The maximum Gasteiger partial charge on any atom is 0.321 e. The second-order valence-corrected chi connectivity index (χ2v) is 9.09. The van der Waals surface area contributed by atoms with E-state index in [0.717, 1.165) is 75.5 Å². The molecule has 0 spiro atoms. The van der Waals surface area contributed by atoms with Gasteiger partial charge in [-0.05, 0) is 75.3 Å². The first-order valence-corrected chi connectivity index (χ1v) is 11.5. The summed E-state index contributed by atoms with van der Waals surface area (Å²) in [6, 6.07) is 6.94. The van der Waals surface area contributed by atoms with Crippen molar-refractivity contribution in [1.82, 2.24) is 9.80 Å². The van der Waals surface area contributed by atoms with Crippen molar-refractivity contribution in [1.29, 1.82) is 0 Å². The Morgan fingerprint density at radius 1 is 1.20 bits per heavy atom. The first-order valence-electron chi connectivity index (χ1n) is 11.5. The van der Waals surface area contributed by atoms with Crippen LogP contribution in [0, 0.1) is 12.8 Å². The lowest BCUT2D eigenvalue weighted by molar-refractivity contribution is 0.00321. The molecule has 2 fully saturated rings. The molecule has 0 aromatic heterocycles. The molecule has 0 unspecified atom stereocenters. The number of amides is 2. The molecule has 0 radical (unpaired) electrons.